The van der Waals surface area contributed by atoms with E-state index in [2.05, 4.69) is 25.6 Å². The lowest BCUT2D eigenvalue weighted by atomic mass is 10.0. The molecule has 0 bridgehead atoms. The monoisotopic (exact) mass is 567 g/mol. The summed E-state index contributed by atoms with van der Waals surface area (Å²) in [4.78, 5) is 59.0. The fourth-order valence-electron chi connectivity index (χ4n) is 5.08. The number of quaternary nitrogens is 1. The topological polar surface area (TPSA) is 146 Å². The van der Waals surface area contributed by atoms with Crippen molar-refractivity contribution in [3.05, 3.63) is 57.7 Å². The summed E-state index contributed by atoms with van der Waals surface area (Å²) < 4.78 is 21.0. The Bertz CT molecular complexity index is 1590. The Morgan fingerprint density at radius 3 is 2.66 bits per heavy atom. The second kappa shape index (κ2) is 11.2. The molecule has 3 N–H and O–H groups in total. The fourth-order valence-corrected chi connectivity index (χ4v) is 5.08. The maximum Gasteiger partial charge on any atom is 0.419 e. The summed E-state index contributed by atoms with van der Waals surface area (Å²) in [6, 6.07) is 4.59. The summed E-state index contributed by atoms with van der Waals surface area (Å²) in [5.41, 5.74) is 1.42. The number of allylic oxidation sites excluding steroid dienone is 1. The van der Waals surface area contributed by atoms with E-state index in [4.69, 9.17) is 4.42 Å². The van der Waals surface area contributed by atoms with Crippen molar-refractivity contribution in [3.63, 3.8) is 0 Å². The van der Waals surface area contributed by atoms with Gasteiger partial charge in [0, 0.05) is 38.8 Å². The number of aliphatic imine (C=N–C) groups is 1. The number of amides is 3. The minimum Gasteiger partial charge on any atom is -0.408 e. The number of rotatable bonds is 7. The van der Waals surface area contributed by atoms with Gasteiger partial charge in [-0.3, -0.25) is 19.0 Å². The van der Waals surface area contributed by atoms with E-state index in [0.717, 1.165) is 19.1 Å². The zero-order valence-corrected chi connectivity index (χ0v) is 23.2. The van der Waals surface area contributed by atoms with Gasteiger partial charge in [-0.15, -0.1) is 5.01 Å². The highest BCUT2D eigenvalue weighted by molar-refractivity contribution is 6.44. The molecule has 3 amide bonds. The van der Waals surface area contributed by atoms with Crippen LogP contribution >= 0.6 is 0 Å². The first-order valence-electron chi connectivity index (χ1n) is 13.3. The molecule has 216 valence electrons. The average molecular weight is 568 g/mol. The molecular weight excluding hydrogens is 535 g/mol. The van der Waals surface area contributed by atoms with Crippen LogP contribution in [-0.4, -0.2) is 83.3 Å². The van der Waals surface area contributed by atoms with E-state index in [1.54, 1.807) is 37.1 Å². The SMILES string of the molecule is C[C@H](NC(=O)C1=CC(C(=O)NCc2ccc3oc(=O)n(C)c3c2)=NC2=C(F)C=N[NH+]12)C(=O)N1CCC(N(C)C)CC1. The lowest BCUT2D eigenvalue weighted by molar-refractivity contribution is -0.820. The zero-order chi connectivity index (χ0) is 29.4. The molecule has 1 saturated heterocycles. The summed E-state index contributed by atoms with van der Waals surface area (Å²) in [6.45, 7) is 2.85. The van der Waals surface area contributed by atoms with Crippen molar-refractivity contribution in [1.82, 2.24) is 25.0 Å². The number of halogens is 1. The number of carbonyl (C=O) groups excluding carboxylic acids is 3. The maximum absolute atomic E-state index is 14.5. The number of oxazole rings is 1. The number of aromatic nitrogens is 1. The first-order valence-corrected chi connectivity index (χ1v) is 13.3. The molecule has 0 aliphatic carbocycles. The third kappa shape index (κ3) is 5.60. The number of hydrogen-bond acceptors (Lipinski definition) is 8. The second-order valence-corrected chi connectivity index (χ2v) is 10.5. The lowest BCUT2D eigenvalue weighted by Gasteiger charge is -2.36. The van der Waals surface area contributed by atoms with E-state index in [1.807, 2.05) is 14.1 Å². The first-order chi connectivity index (χ1) is 19.5. The van der Waals surface area contributed by atoms with Crippen molar-refractivity contribution in [3.8, 4) is 0 Å². The molecule has 1 aromatic carbocycles. The van der Waals surface area contributed by atoms with Crippen LogP contribution in [0.5, 0.6) is 0 Å². The van der Waals surface area contributed by atoms with Crippen molar-refractivity contribution in [2.75, 3.05) is 27.2 Å². The molecule has 41 heavy (non-hydrogen) atoms. The third-order valence-corrected chi connectivity index (χ3v) is 7.54. The van der Waals surface area contributed by atoms with Crippen LogP contribution in [0.4, 0.5) is 4.39 Å². The first kappa shape index (κ1) is 28.1. The van der Waals surface area contributed by atoms with Crippen LogP contribution in [0.25, 0.3) is 11.1 Å². The normalized spacial score (nSPS) is 19.8. The molecule has 4 heterocycles. The van der Waals surface area contributed by atoms with E-state index in [1.165, 1.54) is 10.6 Å². The van der Waals surface area contributed by atoms with Gasteiger partial charge in [0.05, 0.1) is 5.52 Å². The van der Waals surface area contributed by atoms with Crippen molar-refractivity contribution in [2.24, 2.45) is 17.1 Å². The quantitative estimate of drug-likeness (QED) is 0.398. The molecule has 1 unspecified atom stereocenters. The molecule has 5 rings (SSSR count). The van der Waals surface area contributed by atoms with Crippen molar-refractivity contribution >= 4 is 40.7 Å². The fraction of sp³-hybridized carbons (Fsp3) is 0.407. The molecule has 13 nitrogen and oxygen atoms in total. The Labute approximate surface area is 234 Å². The lowest BCUT2D eigenvalue weighted by Crippen LogP contribution is -3.04. The Morgan fingerprint density at radius 2 is 1.95 bits per heavy atom. The van der Waals surface area contributed by atoms with Crippen LogP contribution in [-0.2, 0) is 28.0 Å². The summed E-state index contributed by atoms with van der Waals surface area (Å²) in [5.74, 6) is -3.02. The Balaban J connectivity index is 1.27. The number of benzene rings is 1. The minimum absolute atomic E-state index is 0.00526. The molecule has 2 atom stereocenters. The largest absolute Gasteiger partial charge is 0.419 e. The molecule has 14 heteroatoms. The van der Waals surface area contributed by atoms with Gasteiger partial charge in [-0.2, -0.15) is 9.38 Å². The van der Waals surface area contributed by atoms with Gasteiger partial charge in [0.1, 0.15) is 18.0 Å². The van der Waals surface area contributed by atoms with E-state index < -0.39 is 29.4 Å². The molecule has 0 saturated carbocycles. The number of piperidine rings is 1. The minimum atomic E-state index is -0.840. The number of nitrogens with zero attached hydrogens (tertiary/aromatic N) is 5. The van der Waals surface area contributed by atoms with Gasteiger partial charge in [-0.1, -0.05) is 11.2 Å². The van der Waals surface area contributed by atoms with Gasteiger partial charge in [-0.05, 0) is 51.6 Å². The van der Waals surface area contributed by atoms with Crippen LogP contribution in [0.15, 0.2) is 60.9 Å². The van der Waals surface area contributed by atoms with Gasteiger partial charge in [0.15, 0.2) is 5.58 Å². The highest BCUT2D eigenvalue weighted by Gasteiger charge is 2.40. The van der Waals surface area contributed by atoms with Crippen molar-refractivity contribution < 1.29 is 28.2 Å². The molecule has 0 spiro atoms. The van der Waals surface area contributed by atoms with Crippen LogP contribution in [0.3, 0.4) is 0 Å². The molecule has 1 fully saturated rings. The predicted molar refractivity (Wildman–Crippen MR) is 147 cm³/mol. The number of carbonyl (C=O) groups is 3. The van der Waals surface area contributed by atoms with E-state index in [0.29, 0.717) is 35.8 Å². The Morgan fingerprint density at radius 1 is 1.22 bits per heavy atom. The van der Waals surface area contributed by atoms with Gasteiger partial charge in [0.2, 0.25) is 17.4 Å². The number of likely N-dealkylation sites (tertiary alicyclic amines) is 1. The van der Waals surface area contributed by atoms with E-state index in [9.17, 15) is 23.6 Å². The molecule has 0 radical (unpaired) electrons. The van der Waals surface area contributed by atoms with Crippen molar-refractivity contribution in [2.45, 2.75) is 38.4 Å². The summed E-state index contributed by atoms with van der Waals surface area (Å²) in [7, 11) is 5.60. The summed E-state index contributed by atoms with van der Waals surface area (Å²) >= 11 is 0. The molecule has 3 aliphatic heterocycles. The van der Waals surface area contributed by atoms with E-state index in [-0.39, 0.29) is 34.7 Å². The summed E-state index contributed by atoms with van der Waals surface area (Å²) in [5, 5.41) is 9.35. The average Bonchev–Trinajstić information content (AvgIpc) is 3.48. The van der Waals surface area contributed by atoms with Crippen LogP contribution in [0.1, 0.15) is 25.3 Å². The number of nitrogens with one attached hydrogen (secondary N) is 3. The molecular formula is C27H32FN8O5+. The highest BCUT2D eigenvalue weighted by Crippen LogP contribution is 2.17. The predicted octanol–water partition coefficient (Wildman–Crippen LogP) is -0.834. The molecule has 1 aromatic heterocycles. The van der Waals surface area contributed by atoms with Gasteiger partial charge in [-0.25, -0.2) is 4.79 Å². The van der Waals surface area contributed by atoms with Crippen LogP contribution in [0, 0.1) is 0 Å². The highest BCUT2D eigenvalue weighted by atomic mass is 19.1. The Kier molecular flexibility index (Phi) is 7.69. The number of aryl methyl sites for hydroxylation is 1. The second-order valence-electron chi connectivity index (χ2n) is 10.5. The van der Waals surface area contributed by atoms with Crippen LogP contribution < -0.4 is 21.4 Å². The smallest absolute Gasteiger partial charge is 0.408 e. The zero-order valence-electron chi connectivity index (χ0n) is 23.2. The molecule has 3 aliphatic rings. The van der Waals surface area contributed by atoms with Crippen LogP contribution in [0.2, 0.25) is 0 Å². The standard InChI is InChI=1S/C27H31FN8O5/c1-15(26(39)35-9-7-17(8-10-35)33(2)3)31-25(38)21-12-19(32-23-18(28)14-30-36(21)23)24(37)29-13-16-5-6-22-20(11-16)34(4)27(40)41-22/h5-6,11-12,14-15,17H,7-10,13H2,1-4H3,(H,29,37)(H,31,38)/p+1/t15-/m0/s1. The third-order valence-electron chi connectivity index (χ3n) is 7.54. The molecule has 2 aromatic rings. The van der Waals surface area contributed by atoms with Gasteiger partial charge in [0.25, 0.3) is 11.7 Å². The maximum atomic E-state index is 14.5. The van der Waals surface area contributed by atoms with Gasteiger partial charge < -0.3 is 24.9 Å². The van der Waals surface area contributed by atoms with Gasteiger partial charge >= 0.3 is 11.7 Å². The number of fused-ring (bicyclic) bond motifs is 2. The summed E-state index contributed by atoms with van der Waals surface area (Å²) in [6.07, 6.45) is 3.85. The van der Waals surface area contributed by atoms with Crippen molar-refractivity contribution in [1.29, 1.82) is 0 Å². The van der Waals surface area contributed by atoms with E-state index >= 15 is 0 Å². The Hall–Kier alpha value is -4.43. The number of hydrogen-bond donors (Lipinski definition) is 3.